The van der Waals surface area contributed by atoms with Crippen LogP contribution in [0.15, 0.2) is 18.3 Å². The maximum absolute atomic E-state index is 11.8. The summed E-state index contributed by atoms with van der Waals surface area (Å²) in [7, 11) is 0. The first-order valence-corrected chi connectivity index (χ1v) is 6.72. The van der Waals surface area contributed by atoms with E-state index in [0.717, 1.165) is 12.8 Å². The lowest BCUT2D eigenvalue weighted by molar-refractivity contribution is -0.148. The second kappa shape index (κ2) is 5.90. The summed E-state index contributed by atoms with van der Waals surface area (Å²) in [5.41, 5.74) is 5.90. The van der Waals surface area contributed by atoms with Crippen molar-refractivity contribution in [1.29, 1.82) is 0 Å². The predicted molar refractivity (Wildman–Crippen MR) is 73.9 cm³/mol. The van der Waals surface area contributed by atoms with Crippen molar-refractivity contribution in [3.63, 3.8) is 0 Å². The number of hydrogen-bond acceptors (Lipinski definition) is 4. The summed E-state index contributed by atoms with van der Waals surface area (Å²) in [6, 6.07) is 3.38. The lowest BCUT2D eigenvalue weighted by Crippen LogP contribution is -2.41. The topological polar surface area (TPSA) is 105 Å². The van der Waals surface area contributed by atoms with Gasteiger partial charge in [0.1, 0.15) is 0 Å². The molecule has 6 heteroatoms. The molecular formula is C14H19N3O3. The minimum Gasteiger partial charge on any atom is -0.481 e. The van der Waals surface area contributed by atoms with Crippen molar-refractivity contribution in [2.45, 2.75) is 32.1 Å². The fourth-order valence-electron chi connectivity index (χ4n) is 2.55. The van der Waals surface area contributed by atoms with Gasteiger partial charge >= 0.3 is 5.97 Å². The van der Waals surface area contributed by atoms with E-state index < -0.39 is 11.4 Å². The predicted octanol–water partition coefficient (Wildman–Crippen LogP) is 0.967. The van der Waals surface area contributed by atoms with Gasteiger partial charge in [-0.15, -0.1) is 0 Å². The number of nitrogens with zero attached hydrogens (tertiary/aromatic N) is 1. The van der Waals surface area contributed by atoms with Crippen LogP contribution in [-0.4, -0.2) is 28.5 Å². The van der Waals surface area contributed by atoms with Crippen molar-refractivity contribution < 1.29 is 14.7 Å². The first-order chi connectivity index (χ1) is 9.52. The molecule has 4 N–H and O–H groups in total. The summed E-state index contributed by atoms with van der Waals surface area (Å²) in [6.45, 7) is 0.191. The third-order valence-electron chi connectivity index (χ3n) is 3.83. The van der Waals surface area contributed by atoms with Crippen LogP contribution in [0.1, 0.15) is 31.4 Å². The number of anilines is 1. The van der Waals surface area contributed by atoms with Crippen LogP contribution in [0.3, 0.4) is 0 Å². The number of rotatable bonds is 5. The molecule has 0 radical (unpaired) electrons. The van der Waals surface area contributed by atoms with E-state index in [1.807, 2.05) is 0 Å². The van der Waals surface area contributed by atoms with Gasteiger partial charge in [-0.2, -0.15) is 0 Å². The highest BCUT2D eigenvalue weighted by Gasteiger charge is 2.41. The summed E-state index contributed by atoms with van der Waals surface area (Å²) in [5, 5.41) is 12.0. The average Bonchev–Trinajstić information content (AvgIpc) is 2.89. The highest BCUT2D eigenvalue weighted by Crippen LogP contribution is 2.37. The second-order valence-electron chi connectivity index (χ2n) is 5.33. The van der Waals surface area contributed by atoms with E-state index in [0.29, 0.717) is 24.2 Å². The first-order valence-electron chi connectivity index (χ1n) is 6.72. The Morgan fingerprint density at radius 1 is 1.35 bits per heavy atom. The smallest absolute Gasteiger partial charge is 0.311 e. The number of hydrogen-bond donors (Lipinski definition) is 3. The quantitative estimate of drug-likeness (QED) is 0.743. The zero-order valence-corrected chi connectivity index (χ0v) is 11.3. The van der Waals surface area contributed by atoms with Gasteiger partial charge in [0.2, 0.25) is 5.91 Å². The molecule has 108 valence electrons. The summed E-state index contributed by atoms with van der Waals surface area (Å²) in [5.74, 6) is -1.03. The third kappa shape index (κ3) is 3.26. The summed E-state index contributed by atoms with van der Waals surface area (Å²) in [4.78, 5) is 27.2. The molecule has 0 unspecified atom stereocenters. The molecule has 1 aliphatic carbocycles. The Hall–Kier alpha value is -2.11. The Labute approximate surface area is 117 Å². The number of amides is 1. The second-order valence-corrected chi connectivity index (χ2v) is 5.33. The molecule has 0 atom stereocenters. The van der Waals surface area contributed by atoms with Crippen LogP contribution in [0.5, 0.6) is 0 Å². The lowest BCUT2D eigenvalue weighted by Gasteiger charge is -2.23. The number of carbonyl (C=O) groups excluding carboxylic acids is 1. The third-order valence-corrected chi connectivity index (χ3v) is 3.83. The molecule has 20 heavy (non-hydrogen) atoms. The maximum atomic E-state index is 11.8. The highest BCUT2D eigenvalue weighted by atomic mass is 16.4. The molecule has 2 rings (SSSR count). The number of carbonyl (C=O) groups is 2. The van der Waals surface area contributed by atoms with Crippen LogP contribution in [0.2, 0.25) is 0 Å². The molecule has 0 aliphatic heterocycles. The summed E-state index contributed by atoms with van der Waals surface area (Å²) < 4.78 is 0. The van der Waals surface area contributed by atoms with Crippen molar-refractivity contribution in [3.8, 4) is 0 Å². The molecule has 1 fully saturated rings. The molecular weight excluding hydrogens is 258 g/mol. The minimum atomic E-state index is -0.819. The molecule has 1 amide bonds. The van der Waals surface area contributed by atoms with Crippen LogP contribution in [0.4, 0.5) is 5.69 Å². The largest absolute Gasteiger partial charge is 0.481 e. The number of pyridine rings is 1. The van der Waals surface area contributed by atoms with Crippen LogP contribution in [-0.2, 0) is 16.0 Å². The average molecular weight is 277 g/mol. The van der Waals surface area contributed by atoms with E-state index >= 15 is 0 Å². The van der Waals surface area contributed by atoms with Crippen molar-refractivity contribution >= 4 is 17.6 Å². The fourth-order valence-corrected chi connectivity index (χ4v) is 2.55. The molecule has 1 aromatic rings. The maximum Gasteiger partial charge on any atom is 0.311 e. The van der Waals surface area contributed by atoms with E-state index in [1.165, 1.54) is 6.20 Å². The van der Waals surface area contributed by atoms with E-state index in [2.05, 4.69) is 10.3 Å². The van der Waals surface area contributed by atoms with Crippen LogP contribution < -0.4 is 11.1 Å². The highest BCUT2D eigenvalue weighted by molar-refractivity contribution is 5.80. The number of carboxylic acids is 1. The van der Waals surface area contributed by atoms with Crippen molar-refractivity contribution in [3.05, 3.63) is 24.0 Å². The van der Waals surface area contributed by atoms with Gasteiger partial charge in [0.05, 0.1) is 23.7 Å². The molecule has 1 heterocycles. The first kappa shape index (κ1) is 14.3. The number of nitrogens with one attached hydrogen (secondary N) is 1. The van der Waals surface area contributed by atoms with Crippen molar-refractivity contribution in [2.24, 2.45) is 5.41 Å². The van der Waals surface area contributed by atoms with Gasteiger partial charge in [-0.05, 0) is 25.0 Å². The fraction of sp³-hybridized carbons (Fsp3) is 0.500. The molecule has 0 spiro atoms. The van der Waals surface area contributed by atoms with E-state index in [9.17, 15) is 14.7 Å². The Bertz CT molecular complexity index is 493. The normalized spacial score (nSPS) is 16.8. The molecule has 0 aromatic carbocycles. The van der Waals surface area contributed by atoms with Gasteiger partial charge < -0.3 is 16.2 Å². The van der Waals surface area contributed by atoms with E-state index in [1.54, 1.807) is 12.1 Å². The van der Waals surface area contributed by atoms with Crippen molar-refractivity contribution in [1.82, 2.24) is 10.3 Å². The molecule has 6 nitrogen and oxygen atoms in total. The van der Waals surface area contributed by atoms with E-state index in [4.69, 9.17) is 5.73 Å². The number of aliphatic carboxylic acids is 1. The number of carboxylic acid groups (broad SMARTS) is 1. The molecule has 1 aliphatic rings. The van der Waals surface area contributed by atoms with Gasteiger partial charge in [-0.3, -0.25) is 14.6 Å². The van der Waals surface area contributed by atoms with Gasteiger partial charge in [-0.1, -0.05) is 12.8 Å². The Kier molecular flexibility index (Phi) is 4.22. The van der Waals surface area contributed by atoms with Crippen LogP contribution in [0, 0.1) is 5.41 Å². The molecule has 0 bridgehead atoms. The summed E-state index contributed by atoms with van der Waals surface area (Å²) >= 11 is 0. The molecule has 1 saturated carbocycles. The molecule has 0 saturated heterocycles. The zero-order chi connectivity index (χ0) is 14.6. The molecule has 1 aromatic heterocycles. The minimum absolute atomic E-state index is 0.135. The van der Waals surface area contributed by atoms with Gasteiger partial charge in [-0.25, -0.2) is 0 Å². The van der Waals surface area contributed by atoms with Gasteiger partial charge in [0, 0.05) is 12.2 Å². The SMILES string of the molecule is Nc1ccc(CC(=O)NCC2(C(=O)O)CCCC2)nc1. The van der Waals surface area contributed by atoms with Crippen LogP contribution >= 0.6 is 0 Å². The summed E-state index contributed by atoms with van der Waals surface area (Å²) in [6.07, 6.45) is 4.70. The number of nitrogens with two attached hydrogens (primary N) is 1. The van der Waals surface area contributed by atoms with Crippen molar-refractivity contribution in [2.75, 3.05) is 12.3 Å². The number of aromatic nitrogens is 1. The lowest BCUT2D eigenvalue weighted by atomic mass is 9.86. The van der Waals surface area contributed by atoms with E-state index in [-0.39, 0.29) is 18.9 Å². The van der Waals surface area contributed by atoms with Crippen LogP contribution in [0.25, 0.3) is 0 Å². The standard InChI is InChI=1S/C14H19N3O3/c15-10-3-4-11(16-8-10)7-12(18)17-9-14(13(19)20)5-1-2-6-14/h3-4,8H,1-2,5-7,9,15H2,(H,17,18)(H,19,20). The van der Waals surface area contributed by atoms with Gasteiger partial charge in [0.25, 0.3) is 0 Å². The Morgan fingerprint density at radius 3 is 2.60 bits per heavy atom. The monoisotopic (exact) mass is 277 g/mol. The van der Waals surface area contributed by atoms with Gasteiger partial charge in [0.15, 0.2) is 0 Å². The zero-order valence-electron chi connectivity index (χ0n) is 11.3. The Morgan fingerprint density at radius 2 is 2.05 bits per heavy atom. The Balaban J connectivity index is 1.88. The number of nitrogen functional groups attached to an aromatic ring is 1.